The highest BCUT2D eigenvalue weighted by molar-refractivity contribution is 8.26. The maximum absolute atomic E-state index is 13.6. The molecule has 3 heterocycles. The summed E-state index contributed by atoms with van der Waals surface area (Å²) in [5, 5.41) is 4.86. The summed E-state index contributed by atoms with van der Waals surface area (Å²) in [6, 6.07) is 16.5. The number of aromatic nitrogens is 2. The van der Waals surface area contributed by atoms with Gasteiger partial charge >= 0.3 is 0 Å². The molecule has 2 fully saturated rings. The van der Waals surface area contributed by atoms with E-state index in [0.717, 1.165) is 31.4 Å². The average molecular weight is 625 g/mol. The smallest absolute Gasteiger partial charge is 0.266 e. The molecular formula is C31H36N4O4S3. The first-order chi connectivity index (χ1) is 20.3. The van der Waals surface area contributed by atoms with Crippen LogP contribution in [-0.2, 0) is 19.6 Å². The Labute approximate surface area is 257 Å². The lowest BCUT2D eigenvalue weighted by molar-refractivity contribution is -0.122. The fraction of sp³-hybridized carbons (Fsp3) is 0.387. The number of hydrogen-bond acceptors (Lipinski definition) is 7. The van der Waals surface area contributed by atoms with Gasteiger partial charge in [-0.1, -0.05) is 87.4 Å². The fourth-order valence-corrected chi connectivity index (χ4v) is 7.86. The first kappa shape index (κ1) is 30.6. The zero-order valence-electron chi connectivity index (χ0n) is 23.9. The number of benzene rings is 2. The lowest BCUT2D eigenvalue weighted by Gasteiger charge is -2.26. The van der Waals surface area contributed by atoms with Crippen molar-refractivity contribution in [3.63, 3.8) is 0 Å². The van der Waals surface area contributed by atoms with E-state index in [-0.39, 0.29) is 10.8 Å². The summed E-state index contributed by atoms with van der Waals surface area (Å²) < 4.78 is 36.0. The highest BCUT2D eigenvalue weighted by Gasteiger charge is 2.34. The van der Waals surface area contributed by atoms with Crippen LogP contribution < -0.4 is 0 Å². The van der Waals surface area contributed by atoms with Gasteiger partial charge in [-0.15, -0.1) is 0 Å². The summed E-state index contributed by atoms with van der Waals surface area (Å²) >= 11 is 6.95. The number of morpholine rings is 1. The van der Waals surface area contributed by atoms with Crippen molar-refractivity contribution in [3.05, 3.63) is 71.3 Å². The minimum absolute atomic E-state index is 0.0954. The number of thioether (sulfide) groups is 1. The Hall–Kier alpha value is -2.83. The van der Waals surface area contributed by atoms with E-state index in [1.807, 2.05) is 48.7 Å². The van der Waals surface area contributed by atoms with Crippen LogP contribution in [0.25, 0.3) is 23.0 Å². The van der Waals surface area contributed by atoms with E-state index in [2.05, 4.69) is 13.8 Å². The molecule has 0 N–H and O–H groups in total. The molecule has 0 spiro atoms. The summed E-state index contributed by atoms with van der Waals surface area (Å²) in [7, 11) is -3.70. The molecule has 42 heavy (non-hydrogen) atoms. The van der Waals surface area contributed by atoms with Crippen LogP contribution in [-0.4, -0.2) is 70.5 Å². The molecule has 0 bridgehead atoms. The van der Waals surface area contributed by atoms with Gasteiger partial charge in [-0.3, -0.25) is 9.69 Å². The van der Waals surface area contributed by atoms with Gasteiger partial charge in [-0.05, 0) is 42.7 Å². The second-order valence-corrected chi connectivity index (χ2v) is 14.1. The average Bonchev–Trinajstić information content (AvgIpc) is 3.56. The van der Waals surface area contributed by atoms with Crippen molar-refractivity contribution in [2.24, 2.45) is 5.92 Å². The lowest BCUT2D eigenvalue weighted by atomic mass is 9.99. The van der Waals surface area contributed by atoms with Crippen LogP contribution in [0.4, 0.5) is 0 Å². The Morgan fingerprint density at radius 1 is 1.10 bits per heavy atom. The van der Waals surface area contributed by atoms with Gasteiger partial charge in [-0.2, -0.15) is 9.40 Å². The van der Waals surface area contributed by atoms with Crippen molar-refractivity contribution in [3.8, 4) is 16.9 Å². The molecule has 0 saturated carbocycles. The van der Waals surface area contributed by atoms with E-state index in [0.29, 0.717) is 64.8 Å². The summed E-state index contributed by atoms with van der Waals surface area (Å²) in [4.78, 5) is 16.0. The SMILES string of the molecule is CCCCC(CC)CN1C(=O)/C(=C/c2cn(-c3ccccc3)nc2-c2cccc(S(=O)(=O)N3CCOCC3)c2)SC1=S. The molecule has 2 aliphatic heterocycles. The molecule has 0 radical (unpaired) electrons. The van der Waals surface area contributed by atoms with Gasteiger partial charge < -0.3 is 4.74 Å². The van der Waals surface area contributed by atoms with E-state index in [1.54, 1.807) is 27.8 Å². The standard InChI is InChI=1S/C31H36N4O4S3/c1-3-5-10-23(4-2)21-34-30(36)28(41-31(34)40)20-25-22-35(26-12-7-6-8-13-26)32-29(25)24-11-9-14-27(19-24)42(37,38)33-15-17-39-18-16-33/h6-9,11-14,19-20,22-23H,3-5,10,15-18,21H2,1-2H3/b28-20-. The van der Waals surface area contributed by atoms with Crippen molar-refractivity contribution in [2.75, 3.05) is 32.8 Å². The summed E-state index contributed by atoms with van der Waals surface area (Å²) in [5.41, 5.74) is 2.78. The third kappa shape index (κ3) is 6.70. The molecule has 0 aliphatic carbocycles. The molecule has 11 heteroatoms. The lowest BCUT2D eigenvalue weighted by Crippen LogP contribution is -2.40. The number of hydrogen-bond donors (Lipinski definition) is 0. The molecule has 1 atom stereocenters. The van der Waals surface area contributed by atoms with E-state index < -0.39 is 10.0 Å². The highest BCUT2D eigenvalue weighted by atomic mass is 32.2. The largest absolute Gasteiger partial charge is 0.379 e. The van der Waals surface area contributed by atoms with Gasteiger partial charge in [0.05, 0.1) is 28.7 Å². The van der Waals surface area contributed by atoms with Crippen molar-refractivity contribution in [1.29, 1.82) is 0 Å². The number of carbonyl (C=O) groups is 1. The van der Waals surface area contributed by atoms with E-state index in [1.165, 1.54) is 16.1 Å². The van der Waals surface area contributed by atoms with E-state index in [4.69, 9.17) is 22.1 Å². The molecule has 1 unspecified atom stereocenters. The predicted octanol–water partition coefficient (Wildman–Crippen LogP) is 5.98. The number of ether oxygens (including phenoxy) is 1. The molecule has 1 amide bonds. The van der Waals surface area contributed by atoms with Crippen molar-refractivity contribution in [2.45, 2.75) is 44.4 Å². The Morgan fingerprint density at radius 3 is 2.57 bits per heavy atom. The van der Waals surface area contributed by atoms with Gasteiger partial charge in [0.2, 0.25) is 10.0 Å². The van der Waals surface area contributed by atoms with E-state index >= 15 is 0 Å². The Bertz CT molecular complexity index is 1560. The maximum atomic E-state index is 13.6. The van der Waals surface area contributed by atoms with Gasteiger partial charge in [0, 0.05) is 37.0 Å². The van der Waals surface area contributed by atoms with Gasteiger partial charge in [0.15, 0.2) is 0 Å². The van der Waals surface area contributed by atoms with Gasteiger partial charge in [0.25, 0.3) is 5.91 Å². The minimum Gasteiger partial charge on any atom is -0.379 e. The summed E-state index contributed by atoms with van der Waals surface area (Å²) in [6.45, 7) is 6.34. The van der Waals surface area contributed by atoms with Gasteiger partial charge in [0.1, 0.15) is 10.0 Å². The third-order valence-corrected chi connectivity index (χ3v) is 10.9. The van der Waals surface area contributed by atoms with Crippen LogP contribution in [0.1, 0.15) is 45.1 Å². The van der Waals surface area contributed by atoms with Crippen molar-refractivity contribution >= 4 is 50.3 Å². The second kappa shape index (κ2) is 13.6. The summed E-state index contributed by atoms with van der Waals surface area (Å²) in [6.07, 6.45) is 8.02. The number of para-hydroxylation sites is 1. The fourth-order valence-electron chi connectivity index (χ4n) is 5.14. The molecule has 5 rings (SSSR count). The molecule has 1 aromatic heterocycles. The second-order valence-electron chi connectivity index (χ2n) is 10.5. The molecular weight excluding hydrogens is 589 g/mol. The number of thiocarbonyl (C=S) groups is 1. The Balaban J connectivity index is 1.51. The van der Waals surface area contributed by atoms with Crippen LogP contribution in [0.5, 0.6) is 0 Å². The first-order valence-electron chi connectivity index (χ1n) is 14.4. The molecule has 2 saturated heterocycles. The zero-order valence-corrected chi connectivity index (χ0v) is 26.4. The zero-order chi connectivity index (χ0) is 29.7. The quantitative estimate of drug-likeness (QED) is 0.192. The predicted molar refractivity (Wildman–Crippen MR) is 172 cm³/mol. The molecule has 222 valence electrons. The van der Waals surface area contributed by atoms with Crippen LogP contribution in [0, 0.1) is 5.92 Å². The number of rotatable bonds is 11. The number of carbonyl (C=O) groups excluding carboxylic acids is 1. The monoisotopic (exact) mass is 624 g/mol. The topological polar surface area (TPSA) is 84.7 Å². The molecule has 2 aromatic carbocycles. The van der Waals surface area contributed by atoms with E-state index in [9.17, 15) is 13.2 Å². The highest BCUT2D eigenvalue weighted by Crippen LogP contribution is 2.36. The van der Waals surface area contributed by atoms with Crippen LogP contribution in [0.2, 0.25) is 0 Å². The van der Waals surface area contributed by atoms with Crippen molar-refractivity contribution in [1.82, 2.24) is 19.0 Å². The molecule has 3 aromatic rings. The van der Waals surface area contributed by atoms with Crippen molar-refractivity contribution < 1.29 is 17.9 Å². The Morgan fingerprint density at radius 2 is 1.86 bits per heavy atom. The summed E-state index contributed by atoms with van der Waals surface area (Å²) in [5.74, 6) is 0.307. The van der Waals surface area contributed by atoms with Crippen LogP contribution in [0.15, 0.2) is 70.6 Å². The maximum Gasteiger partial charge on any atom is 0.266 e. The number of nitrogens with zero attached hydrogens (tertiary/aromatic N) is 4. The first-order valence-corrected chi connectivity index (χ1v) is 17.1. The minimum atomic E-state index is -3.70. The molecule has 8 nitrogen and oxygen atoms in total. The van der Waals surface area contributed by atoms with Gasteiger partial charge in [-0.25, -0.2) is 13.1 Å². The van der Waals surface area contributed by atoms with Crippen LogP contribution in [0.3, 0.4) is 0 Å². The van der Waals surface area contributed by atoms with Crippen LogP contribution >= 0.6 is 24.0 Å². The number of sulfonamides is 1. The molecule has 2 aliphatic rings. The third-order valence-electron chi connectivity index (χ3n) is 7.62. The number of unbranched alkanes of at least 4 members (excludes halogenated alkanes) is 1. The Kier molecular flexibility index (Phi) is 9.95. The normalized spacial score (nSPS) is 18.2. The number of amides is 1.